The zero-order valence-electron chi connectivity index (χ0n) is 20.7. The molecule has 2 aliphatic heterocycles. The molecule has 0 aliphatic carbocycles. The Bertz CT molecular complexity index is 1340. The molecule has 9 heteroatoms. The first kappa shape index (κ1) is 24.1. The average molecular weight is 501 g/mol. The maximum atomic E-state index is 14.0. The van der Waals surface area contributed by atoms with Crippen molar-refractivity contribution in [1.82, 2.24) is 14.2 Å². The fourth-order valence-electron chi connectivity index (χ4n) is 5.72. The van der Waals surface area contributed by atoms with E-state index in [9.17, 15) is 12.8 Å². The molecule has 7 nitrogen and oxygen atoms in total. The second kappa shape index (κ2) is 8.80. The molecule has 0 bridgehead atoms. The minimum Gasteiger partial charge on any atom is -0.491 e. The molecular weight excluding hydrogens is 467 g/mol. The van der Waals surface area contributed by atoms with Gasteiger partial charge in [-0.25, -0.2) is 4.39 Å². The SMILES string of the molecule is CC(C)Oc1ccc2[nH]cc(CN3CC[C@@]4(C[C@@H]3C)CN(C)S(=O)(=O)N4c3cccc(F)c3)c2c1. The number of H-pyrrole nitrogens is 1. The molecule has 3 aromatic rings. The molecule has 0 saturated carbocycles. The zero-order valence-corrected chi connectivity index (χ0v) is 21.5. The number of aromatic amines is 1. The van der Waals surface area contributed by atoms with Crippen molar-refractivity contribution in [3.63, 3.8) is 0 Å². The van der Waals surface area contributed by atoms with Gasteiger partial charge in [0.05, 0.1) is 17.3 Å². The Balaban J connectivity index is 1.40. The van der Waals surface area contributed by atoms with Gasteiger partial charge in [0.2, 0.25) is 0 Å². The lowest BCUT2D eigenvalue weighted by molar-refractivity contribution is 0.101. The van der Waals surface area contributed by atoms with Crippen molar-refractivity contribution >= 4 is 26.8 Å². The fraction of sp³-hybridized carbons (Fsp3) is 0.462. The Labute approximate surface area is 206 Å². The van der Waals surface area contributed by atoms with Crippen LogP contribution >= 0.6 is 0 Å². The number of hydrogen-bond donors (Lipinski definition) is 1. The van der Waals surface area contributed by atoms with Crippen LogP contribution in [0.5, 0.6) is 5.75 Å². The summed E-state index contributed by atoms with van der Waals surface area (Å²) in [4.78, 5) is 5.76. The van der Waals surface area contributed by atoms with Crippen LogP contribution < -0.4 is 9.04 Å². The number of nitrogens with zero attached hydrogens (tertiary/aromatic N) is 3. The highest BCUT2D eigenvalue weighted by atomic mass is 32.2. The molecule has 2 aliphatic rings. The van der Waals surface area contributed by atoms with Gasteiger partial charge >= 0.3 is 10.2 Å². The van der Waals surface area contributed by atoms with Crippen molar-refractivity contribution in [3.05, 3.63) is 60.0 Å². The Morgan fingerprint density at radius 1 is 1.23 bits per heavy atom. The standard InChI is InChI=1S/C26H33FN4O3S/c1-18(2)34-23-8-9-25-24(13-23)20(15-28-25)16-30-11-10-26(14-19(30)3)17-29(4)35(32,33)31(26)22-7-5-6-21(27)12-22/h5-9,12-13,15,18-19,28H,10-11,14,16-17H2,1-4H3/t19-,26+/m0/s1. The number of rotatable bonds is 5. The van der Waals surface area contributed by atoms with Gasteiger partial charge in [-0.15, -0.1) is 0 Å². The predicted octanol–water partition coefficient (Wildman–Crippen LogP) is 4.51. The first-order valence-corrected chi connectivity index (χ1v) is 13.5. The quantitative estimate of drug-likeness (QED) is 0.560. The number of hydrogen-bond acceptors (Lipinski definition) is 4. The predicted molar refractivity (Wildman–Crippen MR) is 136 cm³/mol. The van der Waals surface area contributed by atoms with Crippen molar-refractivity contribution < 1.29 is 17.5 Å². The van der Waals surface area contributed by atoms with E-state index < -0.39 is 21.6 Å². The highest BCUT2D eigenvalue weighted by molar-refractivity contribution is 7.90. The summed E-state index contributed by atoms with van der Waals surface area (Å²) in [6, 6.07) is 12.2. The molecule has 1 N–H and O–H groups in total. The number of fused-ring (bicyclic) bond motifs is 1. The van der Waals surface area contributed by atoms with E-state index in [0.29, 0.717) is 25.1 Å². The van der Waals surface area contributed by atoms with E-state index >= 15 is 0 Å². The van der Waals surface area contributed by atoms with Gasteiger partial charge in [0, 0.05) is 49.8 Å². The molecule has 0 amide bonds. The van der Waals surface area contributed by atoms with Gasteiger partial charge < -0.3 is 9.72 Å². The number of aromatic nitrogens is 1. The molecule has 0 radical (unpaired) electrons. The van der Waals surface area contributed by atoms with Crippen LogP contribution in [-0.2, 0) is 16.8 Å². The lowest BCUT2D eigenvalue weighted by Crippen LogP contribution is -2.57. The van der Waals surface area contributed by atoms with Gasteiger partial charge in [0.1, 0.15) is 11.6 Å². The Morgan fingerprint density at radius 2 is 2.03 bits per heavy atom. The Morgan fingerprint density at radius 3 is 2.74 bits per heavy atom. The maximum absolute atomic E-state index is 14.0. The Hall–Kier alpha value is -2.62. The monoisotopic (exact) mass is 500 g/mol. The summed E-state index contributed by atoms with van der Waals surface area (Å²) >= 11 is 0. The van der Waals surface area contributed by atoms with Gasteiger partial charge in [-0.1, -0.05) is 6.07 Å². The molecule has 188 valence electrons. The molecular formula is C26H33FN4O3S. The van der Waals surface area contributed by atoms with Gasteiger partial charge in [-0.2, -0.15) is 12.7 Å². The van der Waals surface area contributed by atoms with Gasteiger partial charge in [0.25, 0.3) is 0 Å². The molecule has 2 atom stereocenters. The molecule has 35 heavy (non-hydrogen) atoms. The van der Waals surface area contributed by atoms with Crippen LogP contribution in [-0.4, -0.2) is 60.4 Å². The number of benzene rings is 2. The Kier molecular flexibility index (Phi) is 6.05. The van der Waals surface area contributed by atoms with E-state index in [1.807, 2.05) is 32.2 Å². The number of halogens is 1. The van der Waals surface area contributed by atoms with Gasteiger partial charge in [-0.05, 0) is 75.6 Å². The van der Waals surface area contributed by atoms with Gasteiger partial charge in [-0.3, -0.25) is 9.21 Å². The number of anilines is 1. The molecule has 1 aromatic heterocycles. The van der Waals surface area contributed by atoms with Crippen LogP contribution in [0.4, 0.5) is 10.1 Å². The largest absolute Gasteiger partial charge is 0.491 e. The molecule has 2 saturated heterocycles. The molecule has 1 spiro atoms. The topological polar surface area (TPSA) is 68.9 Å². The smallest absolute Gasteiger partial charge is 0.304 e. The third-order valence-corrected chi connectivity index (χ3v) is 9.24. The van der Waals surface area contributed by atoms with Crippen LogP contribution in [0.15, 0.2) is 48.7 Å². The normalized spacial score (nSPS) is 25.2. The minimum absolute atomic E-state index is 0.106. The highest BCUT2D eigenvalue weighted by Crippen LogP contribution is 2.44. The van der Waals surface area contributed by atoms with Crippen LogP contribution in [0.1, 0.15) is 39.2 Å². The van der Waals surface area contributed by atoms with E-state index in [0.717, 1.165) is 29.7 Å². The third kappa shape index (κ3) is 4.30. The van der Waals surface area contributed by atoms with E-state index in [4.69, 9.17) is 4.74 Å². The first-order valence-electron chi connectivity index (χ1n) is 12.1. The summed E-state index contributed by atoms with van der Waals surface area (Å²) in [5, 5.41) is 1.14. The van der Waals surface area contributed by atoms with E-state index in [1.54, 1.807) is 19.2 Å². The molecule has 5 rings (SSSR count). The number of ether oxygens (including phenoxy) is 1. The maximum Gasteiger partial charge on any atom is 0.304 e. The molecule has 3 heterocycles. The van der Waals surface area contributed by atoms with Crippen LogP contribution in [0.2, 0.25) is 0 Å². The summed E-state index contributed by atoms with van der Waals surface area (Å²) < 4.78 is 49.4. The van der Waals surface area contributed by atoms with Crippen molar-refractivity contribution in [3.8, 4) is 5.75 Å². The van der Waals surface area contributed by atoms with Crippen molar-refractivity contribution in [1.29, 1.82) is 0 Å². The van der Waals surface area contributed by atoms with Crippen molar-refractivity contribution in [2.45, 2.75) is 57.8 Å². The van der Waals surface area contributed by atoms with E-state index in [1.165, 1.54) is 26.3 Å². The summed E-state index contributed by atoms with van der Waals surface area (Å²) in [5.41, 5.74) is 2.05. The lowest BCUT2D eigenvalue weighted by Gasteiger charge is -2.47. The molecule has 2 aromatic carbocycles. The third-order valence-electron chi connectivity index (χ3n) is 7.26. The van der Waals surface area contributed by atoms with Crippen LogP contribution in [0.25, 0.3) is 10.9 Å². The number of likely N-dealkylation sites (N-methyl/N-ethyl adjacent to an activating group) is 1. The first-order chi connectivity index (χ1) is 16.6. The summed E-state index contributed by atoms with van der Waals surface area (Å²) in [7, 11) is -2.11. The summed E-state index contributed by atoms with van der Waals surface area (Å²) in [5.74, 6) is 0.414. The van der Waals surface area contributed by atoms with Gasteiger partial charge in [0.15, 0.2) is 0 Å². The summed E-state index contributed by atoms with van der Waals surface area (Å²) in [6.07, 6.45) is 3.49. The van der Waals surface area contributed by atoms with E-state index in [2.05, 4.69) is 22.9 Å². The second-order valence-corrected chi connectivity index (χ2v) is 12.1. The summed E-state index contributed by atoms with van der Waals surface area (Å²) in [6.45, 7) is 8.07. The molecule has 2 fully saturated rings. The van der Waals surface area contributed by atoms with E-state index in [-0.39, 0.29) is 12.1 Å². The van der Waals surface area contributed by atoms with Crippen LogP contribution in [0.3, 0.4) is 0 Å². The van der Waals surface area contributed by atoms with Crippen LogP contribution in [0, 0.1) is 5.82 Å². The van der Waals surface area contributed by atoms with Crippen molar-refractivity contribution in [2.24, 2.45) is 0 Å². The number of nitrogens with one attached hydrogen (secondary N) is 1. The minimum atomic E-state index is -3.72. The fourth-order valence-corrected chi connectivity index (χ4v) is 7.50. The van der Waals surface area contributed by atoms with Crippen molar-refractivity contribution in [2.75, 3.05) is 24.4 Å². The second-order valence-electron chi connectivity index (χ2n) is 10.2. The number of piperidine rings is 1. The number of likely N-dealkylation sites (tertiary alicyclic amines) is 1. The lowest BCUT2D eigenvalue weighted by atomic mass is 9.82. The highest BCUT2D eigenvalue weighted by Gasteiger charge is 2.55. The average Bonchev–Trinajstić information content (AvgIpc) is 3.25. The zero-order chi connectivity index (χ0) is 25.0. The molecule has 0 unspecified atom stereocenters.